The van der Waals surface area contributed by atoms with Crippen LogP contribution in [0.15, 0.2) is 0 Å². The lowest BCUT2D eigenvalue weighted by Crippen LogP contribution is -2.65. The quantitative estimate of drug-likeness (QED) is 0.459. The van der Waals surface area contributed by atoms with E-state index in [2.05, 4.69) is 0 Å². The lowest BCUT2D eigenvalue weighted by molar-refractivity contribution is -0.385. The lowest BCUT2D eigenvalue weighted by Gasteiger charge is -2.34. The van der Waals surface area contributed by atoms with Crippen molar-refractivity contribution in [2.45, 2.75) is 35.3 Å². The van der Waals surface area contributed by atoms with Crippen molar-refractivity contribution in [3.63, 3.8) is 0 Å². The van der Waals surface area contributed by atoms with Crippen molar-refractivity contribution < 1.29 is 57.1 Å². The molecule has 2 unspecified atom stereocenters. The highest BCUT2D eigenvalue weighted by Crippen LogP contribution is 2.79. The maximum absolute atomic E-state index is 12.8. The molecule has 1 nitrogen and oxygen atoms in total. The van der Waals surface area contributed by atoms with Crippen LogP contribution in [0.5, 0.6) is 0 Å². The smallest absolute Gasteiger partial charge is 0.278 e. The van der Waals surface area contributed by atoms with Crippen molar-refractivity contribution in [3.8, 4) is 0 Å². The fourth-order valence-electron chi connectivity index (χ4n) is 1.29. The molecule has 0 aromatic rings. The van der Waals surface area contributed by atoms with Crippen molar-refractivity contribution >= 4 is 7.45 Å². The Morgan fingerprint density at radius 2 is 1.05 bits per heavy atom. The third kappa shape index (κ3) is 1.47. The zero-order valence-corrected chi connectivity index (χ0v) is 9.36. The molecule has 2 atom stereocenters. The molecule has 20 heavy (non-hydrogen) atoms. The molecule has 0 aliphatic carbocycles. The predicted molar refractivity (Wildman–Crippen MR) is 38.3 cm³/mol. The van der Waals surface area contributed by atoms with E-state index < -0.39 is 42.7 Å². The summed E-state index contributed by atoms with van der Waals surface area (Å²) in [6.07, 6.45) is 0. The van der Waals surface area contributed by atoms with Crippen LogP contribution in [-0.2, 0) is 4.57 Å². The molecule has 0 aromatic carbocycles. The third-order valence-corrected chi connectivity index (χ3v) is 4.51. The van der Waals surface area contributed by atoms with Gasteiger partial charge in [0.05, 0.1) is 0 Å². The number of hydrogen-bond acceptors (Lipinski definition) is 1. The molecule has 1 aliphatic rings. The maximum atomic E-state index is 12.8. The SMILES string of the molecule is O=P1(F)C(F)C(F)(F)C(F)(F)C(F)(F)C(F)(F)C1(F)F. The molecular formula is C6HF12OP. The van der Waals surface area contributed by atoms with Crippen LogP contribution in [0, 0.1) is 0 Å². The van der Waals surface area contributed by atoms with Crippen LogP contribution in [0.2, 0.25) is 0 Å². The molecule has 0 aromatic heterocycles. The van der Waals surface area contributed by atoms with Gasteiger partial charge in [0.1, 0.15) is 0 Å². The van der Waals surface area contributed by atoms with Crippen molar-refractivity contribution in [2.24, 2.45) is 0 Å². The second-order valence-corrected chi connectivity index (χ2v) is 5.97. The van der Waals surface area contributed by atoms with Gasteiger partial charge in [-0.15, -0.1) is 0 Å². The van der Waals surface area contributed by atoms with Crippen LogP contribution < -0.4 is 0 Å². The molecule has 1 heterocycles. The van der Waals surface area contributed by atoms with Gasteiger partial charge in [-0.05, 0) is 0 Å². The summed E-state index contributed by atoms with van der Waals surface area (Å²) in [7, 11) is -8.29. The van der Waals surface area contributed by atoms with E-state index in [4.69, 9.17) is 0 Å². The molecule has 1 aliphatic heterocycles. The number of hydrogen-bond donors (Lipinski definition) is 0. The van der Waals surface area contributed by atoms with Crippen molar-refractivity contribution in [1.82, 2.24) is 0 Å². The first-order chi connectivity index (χ1) is 8.40. The first-order valence-corrected chi connectivity index (χ1v) is 5.90. The van der Waals surface area contributed by atoms with Gasteiger partial charge in [0, 0.05) is 0 Å². The highest BCUT2D eigenvalue weighted by molar-refractivity contribution is 7.60. The van der Waals surface area contributed by atoms with E-state index in [9.17, 15) is 57.1 Å². The van der Waals surface area contributed by atoms with E-state index >= 15 is 0 Å². The standard InChI is InChI=1S/C6HF12OP/c7-1-2(8,9)3(10,11)4(12,13)5(14,15)6(16,17)20(1,18)19/h1H. The maximum Gasteiger partial charge on any atom is 0.396 e. The van der Waals surface area contributed by atoms with E-state index in [-0.39, 0.29) is 0 Å². The second kappa shape index (κ2) is 3.77. The average Bonchev–Trinajstić information content (AvgIpc) is 2.25. The zero-order chi connectivity index (χ0) is 16.6. The van der Waals surface area contributed by atoms with Gasteiger partial charge in [0.15, 0.2) is 0 Å². The van der Waals surface area contributed by atoms with E-state index in [1.54, 1.807) is 0 Å². The average molecular weight is 348 g/mol. The van der Waals surface area contributed by atoms with Crippen LogP contribution >= 0.6 is 7.45 Å². The van der Waals surface area contributed by atoms with E-state index in [0.717, 1.165) is 0 Å². The summed E-state index contributed by atoms with van der Waals surface area (Å²) in [5.74, 6) is -35.3. The van der Waals surface area contributed by atoms with Crippen molar-refractivity contribution in [3.05, 3.63) is 0 Å². The molecule has 0 spiro atoms. The minimum absolute atomic E-state index is 5.74. The molecule has 1 fully saturated rings. The molecule has 0 bridgehead atoms. The molecule has 0 amide bonds. The normalized spacial score (nSPS) is 40.9. The molecule has 120 valence electrons. The highest BCUT2D eigenvalue weighted by Gasteiger charge is 2.96. The molecular weight excluding hydrogens is 347 g/mol. The Morgan fingerprint density at radius 1 is 0.700 bits per heavy atom. The molecule has 0 saturated carbocycles. The first kappa shape index (κ1) is 17.4. The van der Waals surface area contributed by atoms with E-state index in [1.807, 2.05) is 0 Å². The van der Waals surface area contributed by atoms with E-state index in [1.165, 1.54) is 0 Å². The first-order valence-electron chi connectivity index (χ1n) is 4.23. The Labute approximate surface area is 101 Å². The topological polar surface area (TPSA) is 17.1 Å². The molecule has 14 heteroatoms. The second-order valence-electron chi connectivity index (χ2n) is 3.80. The van der Waals surface area contributed by atoms with E-state index in [0.29, 0.717) is 0 Å². The van der Waals surface area contributed by atoms with Gasteiger partial charge in [-0.1, -0.05) is 0 Å². The Morgan fingerprint density at radius 3 is 1.40 bits per heavy atom. The van der Waals surface area contributed by atoms with Crippen LogP contribution in [0.3, 0.4) is 0 Å². The summed E-state index contributed by atoms with van der Waals surface area (Å²) in [4.78, 5) is 0. The minimum atomic E-state index is -8.29. The lowest BCUT2D eigenvalue weighted by atomic mass is 9.99. The fraction of sp³-hybridized carbons (Fsp3) is 1.00. The Hall–Kier alpha value is -0.610. The monoisotopic (exact) mass is 348 g/mol. The summed E-state index contributed by atoms with van der Waals surface area (Å²) in [5, 5.41) is 0. The number of rotatable bonds is 0. The minimum Gasteiger partial charge on any atom is -0.278 e. The third-order valence-electron chi connectivity index (χ3n) is 2.56. The van der Waals surface area contributed by atoms with Gasteiger partial charge < -0.3 is 0 Å². The number of alkyl halides is 11. The van der Waals surface area contributed by atoms with Gasteiger partial charge in [0.2, 0.25) is 0 Å². The van der Waals surface area contributed by atoms with Crippen molar-refractivity contribution in [1.29, 1.82) is 0 Å². The molecule has 0 N–H and O–H groups in total. The van der Waals surface area contributed by atoms with Crippen molar-refractivity contribution in [2.75, 3.05) is 0 Å². The molecule has 0 radical (unpaired) electrons. The summed E-state index contributed by atoms with van der Waals surface area (Å²) in [6, 6.07) is 0. The number of halogens is 12. The van der Waals surface area contributed by atoms with Gasteiger partial charge in [0.25, 0.3) is 5.91 Å². The van der Waals surface area contributed by atoms with Crippen LogP contribution in [0.4, 0.5) is 52.5 Å². The predicted octanol–water partition coefficient (Wildman–Crippen LogP) is 4.68. The summed E-state index contributed by atoms with van der Waals surface area (Å²) >= 11 is 0. The Balaban J connectivity index is 3.88. The molecule has 1 rings (SSSR count). The Kier molecular flexibility index (Phi) is 3.29. The highest BCUT2D eigenvalue weighted by atomic mass is 31.2. The zero-order valence-electron chi connectivity index (χ0n) is 8.47. The molecule has 1 saturated heterocycles. The summed E-state index contributed by atoms with van der Waals surface area (Å²) < 4.78 is 162. The summed E-state index contributed by atoms with van der Waals surface area (Å²) in [5.41, 5.74) is -7.26. The summed E-state index contributed by atoms with van der Waals surface area (Å²) in [6.45, 7) is 0. The van der Waals surface area contributed by atoms with Crippen LogP contribution in [0.1, 0.15) is 0 Å². The van der Waals surface area contributed by atoms with Crippen LogP contribution in [-0.4, -0.2) is 35.3 Å². The van der Waals surface area contributed by atoms with Gasteiger partial charge in [-0.3, -0.25) is 4.57 Å². The van der Waals surface area contributed by atoms with Gasteiger partial charge in [-0.25, -0.2) is 4.39 Å². The largest absolute Gasteiger partial charge is 0.396 e. The Bertz CT molecular complexity index is 469. The fourth-order valence-corrected chi connectivity index (χ4v) is 2.67. The van der Waals surface area contributed by atoms with Gasteiger partial charge in [-0.2, -0.15) is 48.1 Å². The van der Waals surface area contributed by atoms with Gasteiger partial charge >= 0.3 is 36.8 Å². The van der Waals surface area contributed by atoms with Crippen LogP contribution in [0.25, 0.3) is 0 Å².